The second kappa shape index (κ2) is 6.64. The minimum absolute atomic E-state index is 0.295. The molecule has 3 nitrogen and oxygen atoms in total. The maximum Gasteiger partial charge on any atom is 0.109 e. The second-order valence-electron chi connectivity index (χ2n) is 4.22. The lowest BCUT2D eigenvalue weighted by atomic mass is 10.1. The fraction of sp³-hybridized carbons (Fsp3) is 0.357. The number of ether oxygens (including phenoxy) is 1. The minimum Gasteiger partial charge on any atom is -0.380 e. The fourth-order valence-electron chi connectivity index (χ4n) is 1.73. The van der Waals surface area contributed by atoms with Crippen LogP contribution < -0.4 is 5.32 Å². The van der Waals surface area contributed by atoms with Crippen molar-refractivity contribution in [2.45, 2.75) is 26.1 Å². The number of aromatic nitrogens is 1. The first-order valence-electron chi connectivity index (χ1n) is 5.99. The topological polar surface area (TPSA) is 34.1 Å². The zero-order chi connectivity index (χ0) is 12.8. The van der Waals surface area contributed by atoms with Crippen LogP contribution in [0.3, 0.4) is 0 Å². The molecule has 0 amide bonds. The van der Waals surface area contributed by atoms with Crippen LogP contribution in [-0.2, 0) is 17.9 Å². The van der Waals surface area contributed by atoms with Gasteiger partial charge in [0.1, 0.15) is 5.01 Å². The van der Waals surface area contributed by atoms with Crippen molar-refractivity contribution >= 4 is 11.3 Å². The maximum absolute atomic E-state index is 5.09. The number of rotatable bonds is 6. The van der Waals surface area contributed by atoms with Gasteiger partial charge in [-0.25, -0.2) is 4.98 Å². The van der Waals surface area contributed by atoms with Gasteiger partial charge in [0.25, 0.3) is 0 Å². The molecule has 18 heavy (non-hydrogen) atoms. The van der Waals surface area contributed by atoms with Crippen LogP contribution in [0, 0.1) is 0 Å². The van der Waals surface area contributed by atoms with Crippen molar-refractivity contribution in [3.63, 3.8) is 0 Å². The molecule has 2 rings (SSSR count). The predicted octanol–water partition coefficient (Wildman–Crippen LogP) is 3.14. The molecule has 0 aliphatic heterocycles. The highest BCUT2D eigenvalue weighted by molar-refractivity contribution is 7.09. The van der Waals surface area contributed by atoms with Gasteiger partial charge in [-0.2, -0.15) is 0 Å². The summed E-state index contributed by atoms with van der Waals surface area (Å²) in [6.07, 6.45) is 1.84. The van der Waals surface area contributed by atoms with Crippen LogP contribution in [0.4, 0.5) is 0 Å². The molecule has 1 unspecified atom stereocenters. The quantitative estimate of drug-likeness (QED) is 0.868. The largest absolute Gasteiger partial charge is 0.380 e. The Kier molecular flexibility index (Phi) is 4.87. The van der Waals surface area contributed by atoms with E-state index in [0.29, 0.717) is 12.6 Å². The van der Waals surface area contributed by atoms with Crippen molar-refractivity contribution < 1.29 is 4.74 Å². The van der Waals surface area contributed by atoms with Gasteiger partial charge in [0.15, 0.2) is 0 Å². The van der Waals surface area contributed by atoms with Gasteiger partial charge in [0.05, 0.1) is 12.6 Å². The molecule has 0 saturated heterocycles. The summed E-state index contributed by atoms with van der Waals surface area (Å²) in [5.74, 6) is 0. The summed E-state index contributed by atoms with van der Waals surface area (Å²) in [5.41, 5.74) is 2.48. The highest BCUT2D eigenvalue weighted by Gasteiger charge is 2.06. The molecule has 96 valence electrons. The van der Waals surface area contributed by atoms with E-state index in [9.17, 15) is 0 Å². The number of benzene rings is 1. The molecule has 4 heteroatoms. The first-order valence-corrected chi connectivity index (χ1v) is 6.87. The molecule has 0 bridgehead atoms. The Balaban J connectivity index is 1.86. The molecule has 0 spiro atoms. The van der Waals surface area contributed by atoms with E-state index in [1.807, 2.05) is 11.6 Å². The lowest BCUT2D eigenvalue weighted by molar-refractivity contribution is 0.185. The lowest BCUT2D eigenvalue weighted by Gasteiger charge is -2.11. The van der Waals surface area contributed by atoms with Crippen LogP contribution in [0.15, 0.2) is 35.8 Å². The molecule has 1 aromatic carbocycles. The van der Waals surface area contributed by atoms with E-state index >= 15 is 0 Å². The number of thiazole rings is 1. The van der Waals surface area contributed by atoms with E-state index in [1.54, 1.807) is 18.4 Å². The van der Waals surface area contributed by atoms with Gasteiger partial charge in [-0.15, -0.1) is 11.3 Å². The van der Waals surface area contributed by atoms with E-state index < -0.39 is 0 Å². The van der Waals surface area contributed by atoms with Crippen LogP contribution in [0.2, 0.25) is 0 Å². The van der Waals surface area contributed by atoms with E-state index in [2.05, 4.69) is 41.5 Å². The summed E-state index contributed by atoms with van der Waals surface area (Å²) in [4.78, 5) is 4.31. The van der Waals surface area contributed by atoms with Crippen LogP contribution >= 0.6 is 11.3 Å². The summed E-state index contributed by atoms with van der Waals surface area (Å²) in [6, 6.07) is 8.78. The average molecular weight is 262 g/mol. The highest BCUT2D eigenvalue weighted by atomic mass is 32.1. The number of nitrogens with one attached hydrogen (secondary N) is 1. The third kappa shape index (κ3) is 3.63. The predicted molar refractivity (Wildman–Crippen MR) is 74.5 cm³/mol. The Morgan fingerprint density at radius 1 is 1.28 bits per heavy atom. The summed E-state index contributed by atoms with van der Waals surface area (Å²) in [7, 11) is 1.71. The zero-order valence-electron chi connectivity index (χ0n) is 10.7. The zero-order valence-corrected chi connectivity index (χ0v) is 11.5. The normalized spacial score (nSPS) is 12.6. The van der Waals surface area contributed by atoms with E-state index in [1.165, 1.54) is 11.1 Å². The first-order chi connectivity index (χ1) is 8.79. The molecule has 0 radical (unpaired) electrons. The molecule has 2 aromatic rings. The molecular formula is C14H18N2OS. The molecular weight excluding hydrogens is 244 g/mol. The van der Waals surface area contributed by atoms with Crippen LogP contribution in [0.1, 0.15) is 29.1 Å². The van der Waals surface area contributed by atoms with Gasteiger partial charge in [-0.05, 0) is 18.1 Å². The monoisotopic (exact) mass is 262 g/mol. The minimum atomic E-state index is 0.295. The first kappa shape index (κ1) is 13.2. The van der Waals surface area contributed by atoms with Gasteiger partial charge < -0.3 is 10.1 Å². The number of hydrogen-bond acceptors (Lipinski definition) is 4. The van der Waals surface area contributed by atoms with Gasteiger partial charge in [-0.3, -0.25) is 0 Å². The van der Waals surface area contributed by atoms with Crippen LogP contribution in [-0.4, -0.2) is 12.1 Å². The standard InChI is InChI=1S/C14H18N2OS/c1-11(14-15-7-8-18-14)16-9-12-3-5-13(6-4-12)10-17-2/h3-8,11,16H,9-10H2,1-2H3. The molecule has 0 aliphatic carbocycles. The van der Waals surface area contributed by atoms with Crippen molar-refractivity contribution in [3.05, 3.63) is 52.0 Å². The molecule has 1 N–H and O–H groups in total. The van der Waals surface area contributed by atoms with Gasteiger partial charge in [0.2, 0.25) is 0 Å². The van der Waals surface area contributed by atoms with Gasteiger partial charge in [0, 0.05) is 25.2 Å². The van der Waals surface area contributed by atoms with Crippen molar-refractivity contribution in [2.75, 3.05) is 7.11 Å². The van der Waals surface area contributed by atoms with Gasteiger partial charge >= 0.3 is 0 Å². The molecule has 1 heterocycles. The SMILES string of the molecule is COCc1ccc(CNC(C)c2nccs2)cc1. The van der Waals surface area contributed by atoms with E-state index in [-0.39, 0.29) is 0 Å². The van der Waals surface area contributed by atoms with Gasteiger partial charge in [-0.1, -0.05) is 24.3 Å². The third-order valence-corrected chi connectivity index (χ3v) is 3.73. The summed E-state index contributed by atoms with van der Waals surface area (Å²) >= 11 is 1.69. The number of methoxy groups -OCH3 is 1. The molecule has 0 fully saturated rings. The van der Waals surface area contributed by atoms with E-state index in [4.69, 9.17) is 4.74 Å². The highest BCUT2D eigenvalue weighted by Crippen LogP contribution is 2.15. The Labute approximate surface area is 112 Å². The van der Waals surface area contributed by atoms with Crippen LogP contribution in [0.25, 0.3) is 0 Å². The summed E-state index contributed by atoms with van der Waals surface area (Å²) < 4.78 is 5.09. The van der Waals surface area contributed by atoms with Crippen molar-refractivity contribution in [1.82, 2.24) is 10.3 Å². The van der Waals surface area contributed by atoms with Crippen molar-refractivity contribution in [2.24, 2.45) is 0 Å². The number of nitrogens with zero attached hydrogens (tertiary/aromatic N) is 1. The Morgan fingerprint density at radius 3 is 2.61 bits per heavy atom. The Morgan fingerprint density at radius 2 is 2.00 bits per heavy atom. The Hall–Kier alpha value is -1.23. The van der Waals surface area contributed by atoms with Crippen molar-refractivity contribution in [1.29, 1.82) is 0 Å². The lowest BCUT2D eigenvalue weighted by Crippen LogP contribution is -2.17. The molecule has 1 atom stereocenters. The maximum atomic E-state index is 5.09. The average Bonchev–Trinajstić information content (AvgIpc) is 2.92. The summed E-state index contributed by atoms with van der Waals surface area (Å²) in [5, 5.41) is 6.61. The molecule has 0 saturated carbocycles. The third-order valence-electron chi connectivity index (χ3n) is 2.77. The Bertz CT molecular complexity index is 453. The van der Waals surface area contributed by atoms with E-state index in [0.717, 1.165) is 11.6 Å². The fourth-order valence-corrected chi connectivity index (χ4v) is 2.40. The second-order valence-corrected chi connectivity index (χ2v) is 5.15. The number of hydrogen-bond donors (Lipinski definition) is 1. The van der Waals surface area contributed by atoms with Crippen molar-refractivity contribution in [3.8, 4) is 0 Å². The smallest absolute Gasteiger partial charge is 0.109 e. The van der Waals surface area contributed by atoms with Crippen LogP contribution in [0.5, 0.6) is 0 Å². The molecule has 1 aromatic heterocycles. The molecule has 0 aliphatic rings. The summed E-state index contributed by atoms with van der Waals surface area (Å²) in [6.45, 7) is 3.66.